The maximum Gasteiger partial charge on any atom is 0.229 e. The summed E-state index contributed by atoms with van der Waals surface area (Å²) in [5.41, 5.74) is 1.16. The van der Waals surface area contributed by atoms with Crippen LogP contribution in [0.2, 0.25) is 5.22 Å². The summed E-state index contributed by atoms with van der Waals surface area (Å²) in [7, 11) is -3.06. The molecule has 0 bridgehead atoms. The Balaban J connectivity index is 1.94. The van der Waals surface area contributed by atoms with Gasteiger partial charge in [0, 0.05) is 17.9 Å². The lowest BCUT2D eigenvalue weighted by molar-refractivity contribution is -0.121. The van der Waals surface area contributed by atoms with E-state index in [1.807, 2.05) is 0 Å². The van der Waals surface area contributed by atoms with Crippen LogP contribution < -0.4 is 5.32 Å². The Morgan fingerprint density at radius 1 is 1.48 bits per heavy atom. The van der Waals surface area contributed by atoms with Gasteiger partial charge in [-0.1, -0.05) is 11.6 Å². The zero-order valence-corrected chi connectivity index (χ0v) is 13.6. The minimum atomic E-state index is -3.06. The maximum absolute atomic E-state index is 12.1. The van der Waals surface area contributed by atoms with Crippen molar-refractivity contribution in [1.82, 2.24) is 10.5 Å². The standard InChI is InChI=1S/C13H19ClN2O4S/c1-8-11(13(14)20-16-8)7-12(17)15-9-4-3-5-10(6-9)21(2,18)19/h9-10H,3-7H2,1-2H3,(H,15,17)/t9-,10+/m1/s1. The molecule has 1 aliphatic carbocycles. The molecule has 1 heterocycles. The van der Waals surface area contributed by atoms with Crippen molar-refractivity contribution in [1.29, 1.82) is 0 Å². The molecule has 1 N–H and O–H groups in total. The number of rotatable bonds is 4. The third kappa shape index (κ3) is 4.20. The van der Waals surface area contributed by atoms with Crippen molar-refractivity contribution >= 4 is 27.3 Å². The van der Waals surface area contributed by atoms with Crippen molar-refractivity contribution in [2.75, 3.05) is 6.26 Å². The third-order valence-electron chi connectivity index (χ3n) is 3.87. The van der Waals surface area contributed by atoms with E-state index in [2.05, 4.69) is 10.5 Å². The predicted octanol–water partition coefficient (Wildman–Crippen LogP) is 1.65. The van der Waals surface area contributed by atoms with Gasteiger partial charge in [0.2, 0.25) is 11.1 Å². The molecule has 21 heavy (non-hydrogen) atoms. The van der Waals surface area contributed by atoms with Crippen LogP contribution in [0.4, 0.5) is 0 Å². The SMILES string of the molecule is Cc1noc(Cl)c1CC(=O)N[C@@H]1CCC[C@H](S(C)(=O)=O)C1. The Labute approximate surface area is 129 Å². The van der Waals surface area contributed by atoms with Crippen molar-refractivity contribution in [3.05, 3.63) is 16.5 Å². The van der Waals surface area contributed by atoms with Gasteiger partial charge in [0.25, 0.3) is 0 Å². The number of hydrogen-bond acceptors (Lipinski definition) is 5. The number of halogens is 1. The van der Waals surface area contributed by atoms with Gasteiger partial charge in [-0.05, 0) is 37.8 Å². The molecule has 0 saturated heterocycles. The number of aryl methyl sites for hydroxylation is 1. The van der Waals surface area contributed by atoms with Crippen LogP contribution in [0.5, 0.6) is 0 Å². The highest BCUT2D eigenvalue weighted by atomic mass is 35.5. The highest BCUT2D eigenvalue weighted by Crippen LogP contribution is 2.24. The van der Waals surface area contributed by atoms with E-state index in [0.29, 0.717) is 24.1 Å². The van der Waals surface area contributed by atoms with Gasteiger partial charge in [-0.15, -0.1) is 0 Å². The Morgan fingerprint density at radius 2 is 2.19 bits per heavy atom. The molecule has 0 radical (unpaired) electrons. The summed E-state index contributed by atoms with van der Waals surface area (Å²) >= 11 is 5.83. The van der Waals surface area contributed by atoms with E-state index in [-0.39, 0.29) is 28.8 Å². The van der Waals surface area contributed by atoms with Crippen molar-refractivity contribution in [3.63, 3.8) is 0 Å². The lowest BCUT2D eigenvalue weighted by Gasteiger charge is -2.28. The van der Waals surface area contributed by atoms with Gasteiger partial charge in [0.1, 0.15) is 9.84 Å². The average Bonchev–Trinajstić information content (AvgIpc) is 2.70. The first-order chi connectivity index (χ1) is 9.77. The molecule has 1 aromatic heterocycles. The van der Waals surface area contributed by atoms with E-state index in [4.69, 9.17) is 16.1 Å². The fraction of sp³-hybridized carbons (Fsp3) is 0.692. The van der Waals surface area contributed by atoms with Gasteiger partial charge >= 0.3 is 0 Å². The molecule has 1 aliphatic rings. The third-order valence-corrected chi connectivity index (χ3v) is 5.81. The molecule has 1 aromatic rings. The number of carbonyl (C=O) groups is 1. The summed E-state index contributed by atoms with van der Waals surface area (Å²) in [6.07, 6.45) is 4.09. The first-order valence-corrected chi connectivity index (χ1v) is 9.19. The van der Waals surface area contributed by atoms with E-state index < -0.39 is 9.84 Å². The van der Waals surface area contributed by atoms with Gasteiger partial charge < -0.3 is 9.84 Å². The molecule has 2 atom stereocenters. The molecular weight excluding hydrogens is 316 g/mol. The zero-order valence-electron chi connectivity index (χ0n) is 12.1. The number of sulfone groups is 1. The fourth-order valence-corrected chi connectivity index (χ4v) is 4.08. The second-order valence-electron chi connectivity index (χ2n) is 5.58. The zero-order chi connectivity index (χ0) is 15.6. The number of aromatic nitrogens is 1. The Hall–Kier alpha value is -1.08. The molecular formula is C13H19ClN2O4S. The van der Waals surface area contributed by atoms with Crippen LogP contribution in [0.1, 0.15) is 36.9 Å². The Kier molecular flexibility index (Phi) is 4.93. The monoisotopic (exact) mass is 334 g/mol. The van der Waals surface area contributed by atoms with Crippen LogP contribution in [-0.2, 0) is 21.1 Å². The van der Waals surface area contributed by atoms with E-state index in [1.165, 1.54) is 6.26 Å². The molecule has 1 saturated carbocycles. The van der Waals surface area contributed by atoms with Crippen LogP contribution in [0.25, 0.3) is 0 Å². The molecule has 0 aromatic carbocycles. The molecule has 8 heteroatoms. The summed E-state index contributed by atoms with van der Waals surface area (Å²) in [5.74, 6) is -0.192. The quantitative estimate of drug-likeness (QED) is 0.904. The molecule has 6 nitrogen and oxygen atoms in total. The maximum atomic E-state index is 12.1. The molecule has 1 fully saturated rings. The van der Waals surface area contributed by atoms with E-state index in [1.54, 1.807) is 6.92 Å². The smallest absolute Gasteiger partial charge is 0.229 e. The molecule has 118 valence electrons. The fourth-order valence-electron chi connectivity index (χ4n) is 2.66. The normalized spacial score (nSPS) is 23.0. The second-order valence-corrected chi connectivity index (χ2v) is 8.25. The number of hydrogen-bond donors (Lipinski definition) is 1. The summed E-state index contributed by atoms with van der Waals surface area (Å²) in [6, 6.07) is -0.107. The van der Waals surface area contributed by atoms with Crippen LogP contribution >= 0.6 is 11.6 Å². The van der Waals surface area contributed by atoms with Gasteiger partial charge in [-0.3, -0.25) is 4.79 Å². The minimum absolute atomic E-state index is 0.0915. The van der Waals surface area contributed by atoms with Crippen LogP contribution in [0, 0.1) is 6.92 Å². The lowest BCUT2D eigenvalue weighted by Crippen LogP contribution is -2.42. The Bertz CT molecular complexity index is 607. The van der Waals surface area contributed by atoms with Crippen molar-refractivity contribution in [3.8, 4) is 0 Å². The predicted molar refractivity (Wildman–Crippen MR) is 79.0 cm³/mol. The van der Waals surface area contributed by atoms with Gasteiger partial charge in [-0.2, -0.15) is 0 Å². The number of amides is 1. The lowest BCUT2D eigenvalue weighted by atomic mass is 9.94. The highest BCUT2D eigenvalue weighted by molar-refractivity contribution is 7.91. The first kappa shape index (κ1) is 16.3. The molecule has 1 amide bonds. The van der Waals surface area contributed by atoms with Crippen LogP contribution in [0.3, 0.4) is 0 Å². The summed E-state index contributed by atoms with van der Waals surface area (Å²) < 4.78 is 28.0. The van der Waals surface area contributed by atoms with Gasteiger partial charge in [-0.25, -0.2) is 8.42 Å². The minimum Gasteiger partial charge on any atom is -0.353 e. The molecule has 0 unspecified atom stereocenters. The van der Waals surface area contributed by atoms with Gasteiger partial charge in [0.15, 0.2) is 0 Å². The molecule has 0 spiro atoms. The van der Waals surface area contributed by atoms with Crippen molar-refractivity contribution in [2.24, 2.45) is 0 Å². The molecule has 0 aliphatic heterocycles. The van der Waals surface area contributed by atoms with E-state index >= 15 is 0 Å². The van der Waals surface area contributed by atoms with Crippen LogP contribution in [-0.4, -0.2) is 37.0 Å². The second kappa shape index (κ2) is 6.36. The summed E-state index contributed by atoms with van der Waals surface area (Å²) in [5, 5.41) is 6.34. The largest absolute Gasteiger partial charge is 0.353 e. The number of nitrogens with one attached hydrogen (secondary N) is 1. The summed E-state index contributed by atoms with van der Waals surface area (Å²) in [6.45, 7) is 1.72. The first-order valence-electron chi connectivity index (χ1n) is 6.86. The summed E-state index contributed by atoms with van der Waals surface area (Å²) in [4.78, 5) is 12.1. The number of nitrogens with zero attached hydrogens (tertiary/aromatic N) is 1. The van der Waals surface area contributed by atoms with Crippen LogP contribution in [0.15, 0.2) is 4.52 Å². The Morgan fingerprint density at radius 3 is 2.76 bits per heavy atom. The highest BCUT2D eigenvalue weighted by Gasteiger charge is 2.29. The van der Waals surface area contributed by atoms with E-state index in [0.717, 1.165) is 12.8 Å². The van der Waals surface area contributed by atoms with Crippen molar-refractivity contribution in [2.45, 2.75) is 50.3 Å². The van der Waals surface area contributed by atoms with Crippen molar-refractivity contribution < 1.29 is 17.7 Å². The topological polar surface area (TPSA) is 89.3 Å². The number of carbonyl (C=O) groups excluding carboxylic acids is 1. The van der Waals surface area contributed by atoms with Gasteiger partial charge in [0.05, 0.1) is 17.4 Å². The molecule has 2 rings (SSSR count). The average molecular weight is 335 g/mol. The van der Waals surface area contributed by atoms with E-state index in [9.17, 15) is 13.2 Å².